The first-order valence-electron chi connectivity index (χ1n) is 4.06. The van der Waals surface area contributed by atoms with Crippen molar-refractivity contribution in [2.45, 2.75) is 19.4 Å². The maximum Gasteiger partial charge on any atom is 0.200 e. The van der Waals surface area contributed by atoms with Gasteiger partial charge in [0.15, 0.2) is 17.2 Å². The lowest BCUT2D eigenvalue weighted by Gasteiger charge is -2.10. The number of hydrogen-bond donors (Lipinski definition) is 4. The SMILES string of the molecule is CCC(N)c1cc(O)c(O)c(O)c1. The van der Waals surface area contributed by atoms with Gasteiger partial charge in [-0.3, -0.25) is 0 Å². The molecule has 0 radical (unpaired) electrons. The Morgan fingerprint density at radius 1 is 1.23 bits per heavy atom. The average Bonchev–Trinajstić information content (AvgIpc) is 2.12. The van der Waals surface area contributed by atoms with Crippen LogP contribution in [0.4, 0.5) is 0 Å². The molecule has 1 rings (SSSR count). The molecule has 0 saturated heterocycles. The first-order chi connectivity index (χ1) is 6.06. The van der Waals surface area contributed by atoms with Gasteiger partial charge in [-0.25, -0.2) is 0 Å². The van der Waals surface area contributed by atoms with Crippen molar-refractivity contribution in [1.82, 2.24) is 0 Å². The Morgan fingerprint density at radius 2 is 1.69 bits per heavy atom. The molecule has 0 aliphatic heterocycles. The molecular formula is C9H13NO3. The molecule has 0 amide bonds. The largest absolute Gasteiger partial charge is 0.504 e. The molecule has 1 unspecified atom stereocenters. The van der Waals surface area contributed by atoms with Crippen molar-refractivity contribution < 1.29 is 15.3 Å². The molecule has 4 heteroatoms. The number of aromatic hydroxyl groups is 3. The first-order valence-corrected chi connectivity index (χ1v) is 4.06. The Balaban J connectivity index is 3.13. The Kier molecular flexibility index (Phi) is 2.63. The molecule has 1 aromatic carbocycles. The third-order valence-electron chi connectivity index (χ3n) is 1.96. The van der Waals surface area contributed by atoms with Crippen molar-refractivity contribution in [3.63, 3.8) is 0 Å². The molecule has 0 spiro atoms. The zero-order valence-electron chi connectivity index (χ0n) is 7.36. The van der Waals surface area contributed by atoms with Crippen LogP contribution in [0.25, 0.3) is 0 Å². The summed E-state index contributed by atoms with van der Waals surface area (Å²) in [6.45, 7) is 1.89. The molecule has 0 aliphatic carbocycles. The van der Waals surface area contributed by atoms with Gasteiger partial charge in [-0.1, -0.05) is 6.92 Å². The molecule has 4 nitrogen and oxygen atoms in total. The highest BCUT2D eigenvalue weighted by atomic mass is 16.3. The second-order valence-electron chi connectivity index (χ2n) is 2.92. The van der Waals surface area contributed by atoms with Crippen molar-refractivity contribution in [1.29, 1.82) is 0 Å². The van der Waals surface area contributed by atoms with Gasteiger partial charge in [0.1, 0.15) is 0 Å². The predicted molar refractivity (Wildman–Crippen MR) is 48.7 cm³/mol. The topological polar surface area (TPSA) is 86.7 Å². The molecular weight excluding hydrogens is 170 g/mol. The van der Waals surface area contributed by atoms with Crippen molar-refractivity contribution in [3.8, 4) is 17.2 Å². The molecule has 0 fully saturated rings. The van der Waals surface area contributed by atoms with E-state index in [0.717, 1.165) is 0 Å². The minimum absolute atomic E-state index is 0.239. The molecule has 0 aliphatic rings. The Morgan fingerprint density at radius 3 is 2.08 bits per heavy atom. The second kappa shape index (κ2) is 3.53. The Bertz CT molecular complexity index is 289. The van der Waals surface area contributed by atoms with Gasteiger partial charge < -0.3 is 21.1 Å². The highest BCUT2D eigenvalue weighted by Gasteiger charge is 2.11. The lowest BCUT2D eigenvalue weighted by Crippen LogP contribution is -2.08. The number of benzene rings is 1. The van der Waals surface area contributed by atoms with Crippen molar-refractivity contribution in [2.24, 2.45) is 5.73 Å². The molecule has 5 N–H and O–H groups in total. The zero-order chi connectivity index (χ0) is 10.0. The Labute approximate surface area is 76.2 Å². The van der Waals surface area contributed by atoms with Crippen LogP contribution in [0.15, 0.2) is 12.1 Å². The van der Waals surface area contributed by atoms with Crippen LogP contribution >= 0.6 is 0 Å². The molecule has 72 valence electrons. The van der Waals surface area contributed by atoms with E-state index in [9.17, 15) is 0 Å². The number of hydrogen-bond acceptors (Lipinski definition) is 4. The molecule has 0 aromatic heterocycles. The van der Waals surface area contributed by atoms with Crippen LogP contribution in [0, 0.1) is 0 Å². The van der Waals surface area contributed by atoms with Gasteiger partial charge in [-0.15, -0.1) is 0 Å². The van der Waals surface area contributed by atoms with Crippen LogP contribution < -0.4 is 5.73 Å². The van der Waals surface area contributed by atoms with E-state index in [-0.39, 0.29) is 17.5 Å². The van der Waals surface area contributed by atoms with Gasteiger partial charge in [0.05, 0.1) is 0 Å². The quantitative estimate of drug-likeness (QED) is 0.519. The van der Waals surface area contributed by atoms with Gasteiger partial charge in [-0.05, 0) is 24.1 Å². The normalized spacial score (nSPS) is 12.8. The Hall–Kier alpha value is -1.42. The molecule has 1 aromatic rings. The van der Waals surface area contributed by atoms with Gasteiger partial charge in [0.25, 0.3) is 0 Å². The number of nitrogens with two attached hydrogens (primary N) is 1. The van der Waals surface area contributed by atoms with Crippen LogP contribution in [-0.2, 0) is 0 Å². The molecule has 0 bridgehead atoms. The summed E-state index contributed by atoms with van der Waals surface area (Å²) in [6, 6.07) is 2.46. The van der Waals surface area contributed by atoms with E-state index in [2.05, 4.69) is 0 Å². The van der Waals surface area contributed by atoms with Crippen LogP contribution in [0.1, 0.15) is 24.9 Å². The van der Waals surface area contributed by atoms with E-state index < -0.39 is 5.75 Å². The predicted octanol–water partition coefficient (Wildman–Crippen LogP) is 1.21. The van der Waals surface area contributed by atoms with E-state index in [1.807, 2.05) is 6.92 Å². The standard InChI is InChI=1S/C9H13NO3/c1-2-6(10)5-3-7(11)9(13)8(12)4-5/h3-4,6,11-13H,2,10H2,1H3. The van der Waals surface area contributed by atoms with Crippen molar-refractivity contribution in [3.05, 3.63) is 17.7 Å². The summed E-state index contributed by atoms with van der Waals surface area (Å²) in [4.78, 5) is 0. The van der Waals surface area contributed by atoms with E-state index >= 15 is 0 Å². The molecule has 0 saturated carbocycles. The summed E-state index contributed by atoms with van der Waals surface area (Å²) in [6.07, 6.45) is 0.698. The van der Waals surface area contributed by atoms with E-state index in [4.69, 9.17) is 21.1 Å². The van der Waals surface area contributed by atoms with E-state index in [0.29, 0.717) is 12.0 Å². The molecule has 0 heterocycles. The highest BCUT2D eigenvalue weighted by molar-refractivity contribution is 5.51. The lowest BCUT2D eigenvalue weighted by molar-refractivity contribution is 0.366. The van der Waals surface area contributed by atoms with Gasteiger partial charge >= 0.3 is 0 Å². The number of rotatable bonds is 2. The molecule has 1 atom stereocenters. The summed E-state index contributed by atoms with van der Waals surface area (Å²) in [5, 5.41) is 27.4. The summed E-state index contributed by atoms with van der Waals surface area (Å²) >= 11 is 0. The highest BCUT2D eigenvalue weighted by Crippen LogP contribution is 2.37. The average molecular weight is 183 g/mol. The third-order valence-corrected chi connectivity index (χ3v) is 1.96. The minimum atomic E-state index is -0.507. The van der Waals surface area contributed by atoms with Crippen LogP contribution in [0.2, 0.25) is 0 Å². The van der Waals surface area contributed by atoms with E-state index in [1.165, 1.54) is 12.1 Å². The summed E-state index contributed by atoms with van der Waals surface area (Å²) in [5.74, 6) is -1.20. The van der Waals surface area contributed by atoms with Crippen LogP contribution in [0.3, 0.4) is 0 Å². The second-order valence-corrected chi connectivity index (χ2v) is 2.92. The zero-order valence-corrected chi connectivity index (χ0v) is 7.36. The first kappa shape index (κ1) is 9.67. The maximum atomic E-state index is 9.16. The fraction of sp³-hybridized carbons (Fsp3) is 0.333. The fourth-order valence-electron chi connectivity index (χ4n) is 1.08. The minimum Gasteiger partial charge on any atom is -0.504 e. The fourth-order valence-corrected chi connectivity index (χ4v) is 1.08. The van der Waals surface area contributed by atoms with Crippen LogP contribution in [0.5, 0.6) is 17.2 Å². The van der Waals surface area contributed by atoms with Crippen molar-refractivity contribution in [2.75, 3.05) is 0 Å². The van der Waals surface area contributed by atoms with Gasteiger partial charge in [0, 0.05) is 6.04 Å². The van der Waals surface area contributed by atoms with Gasteiger partial charge in [0.2, 0.25) is 0 Å². The number of phenolic OH excluding ortho intramolecular Hbond substituents is 3. The summed E-state index contributed by atoms with van der Waals surface area (Å²) in [7, 11) is 0. The number of phenols is 3. The molecule has 13 heavy (non-hydrogen) atoms. The monoisotopic (exact) mass is 183 g/mol. The van der Waals surface area contributed by atoms with Gasteiger partial charge in [-0.2, -0.15) is 0 Å². The maximum absolute atomic E-state index is 9.16. The van der Waals surface area contributed by atoms with Crippen molar-refractivity contribution >= 4 is 0 Å². The summed E-state index contributed by atoms with van der Waals surface area (Å²) < 4.78 is 0. The van der Waals surface area contributed by atoms with Crippen LogP contribution in [-0.4, -0.2) is 15.3 Å². The smallest absolute Gasteiger partial charge is 0.200 e. The lowest BCUT2D eigenvalue weighted by atomic mass is 10.0. The third kappa shape index (κ3) is 1.84. The summed E-state index contributed by atoms with van der Waals surface area (Å²) in [5.41, 5.74) is 6.29. The van der Waals surface area contributed by atoms with E-state index in [1.54, 1.807) is 0 Å².